The second kappa shape index (κ2) is 8.57. The predicted octanol–water partition coefficient (Wildman–Crippen LogP) is 4.07. The number of anilines is 2. The molecule has 0 saturated carbocycles. The second-order valence-electron chi connectivity index (χ2n) is 8.17. The molecule has 1 atom stereocenters. The van der Waals surface area contributed by atoms with E-state index in [2.05, 4.69) is 58.2 Å². The zero-order chi connectivity index (χ0) is 22.1. The van der Waals surface area contributed by atoms with Gasteiger partial charge < -0.3 is 21.1 Å². The molecule has 2 aromatic carbocycles. The molecule has 3 heterocycles. The van der Waals surface area contributed by atoms with Crippen LogP contribution < -0.4 is 16.4 Å². The number of aryl methyl sites for hydroxylation is 1. The first kappa shape index (κ1) is 20.4. The molecular formula is C26H27N5O. The molecule has 0 bridgehead atoms. The molecule has 1 aliphatic heterocycles. The van der Waals surface area contributed by atoms with Crippen LogP contribution in [0.4, 0.5) is 11.5 Å². The number of benzene rings is 2. The number of hydrogen-bond donors (Lipinski definition) is 2. The van der Waals surface area contributed by atoms with Crippen LogP contribution >= 0.6 is 0 Å². The summed E-state index contributed by atoms with van der Waals surface area (Å²) in [5.41, 5.74) is 20.1. The highest BCUT2D eigenvalue weighted by molar-refractivity contribution is 5.91. The minimum Gasteiger partial charge on any atom is -0.382 e. The average molecular weight is 426 g/mol. The molecule has 0 radical (unpaired) electrons. The molecule has 32 heavy (non-hydrogen) atoms. The summed E-state index contributed by atoms with van der Waals surface area (Å²) in [6, 6.07) is 20.3. The quantitative estimate of drug-likeness (QED) is 0.512. The van der Waals surface area contributed by atoms with Crippen molar-refractivity contribution in [3.63, 3.8) is 0 Å². The Labute approximate surface area is 187 Å². The number of morpholine rings is 1. The molecule has 0 aliphatic carbocycles. The van der Waals surface area contributed by atoms with Gasteiger partial charge in [-0.1, -0.05) is 30.3 Å². The summed E-state index contributed by atoms with van der Waals surface area (Å²) >= 11 is 0. The Morgan fingerprint density at radius 1 is 1.00 bits per heavy atom. The van der Waals surface area contributed by atoms with E-state index in [0.29, 0.717) is 19.0 Å². The van der Waals surface area contributed by atoms with Crippen LogP contribution in [0.3, 0.4) is 0 Å². The normalized spacial score (nSPS) is 15.1. The van der Waals surface area contributed by atoms with Gasteiger partial charge in [0, 0.05) is 24.7 Å². The van der Waals surface area contributed by atoms with Gasteiger partial charge in [-0.2, -0.15) is 0 Å². The number of rotatable bonds is 4. The van der Waals surface area contributed by atoms with E-state index in [-0.39, 0.29) is 6.04 Å². The molecule has 6 nitrogen and oxygen atoms in total. The number of fused-ring (bicyclic) bond motifs is 1. The predicted molar refractivity (Wildman–Crippen MR) is 130 cm³/mol. The first-order chi connectivity index (χ1) is 15.6. The maximum atomic E-state index is 6.67. The van der Waals surface area contributed by atoms with E-state index in [1.165, 1.54) is 5.56 Å². The Morgan fingerprint density at radius 3 is 2.62 bits per heavy atom. The lowest BCUT2D eigenvalue weighted by atomic mass is 9.89. The largest absolute Gasteiger partial charge is 0.382 e. The van der Waals surface area contributed by atoms with E-state index in [9.17, 15) is 0 Å². The van der Waals surface area contributed by atoms with E-state index < -0.39 is 0 Å². The van der Waals surface area contributed by atoms with Crippen molar-refractivity contribution >= 4 is 22.4 Å². The number of aromatic nitrogens is 2. The lowest BCUT2D eigenvalue weighted by molar-refractivity contribution is 0.123. The highest BCUT2D eigenvalue weighted by Crippen LogP contribution is 2.35. The molecule has 4 N–H and O–H groups in total. The maximum absolute atomic E-state index is 6.67. The van der Waals surface area contributed by atoms with E-state index >= 15 is 0 Å². The van der Waals surface area contributed by atoms with Crippen molar-refractivity contribution in [2.75, 3.05) is 36.9 Å². The third-order valence-corrected chi connectivity index (χ3v) is 6.11. The Morgan fingerprint density at radius 2 is 1.84 bits per heavy atom. The van der Waals surface area contributed by atoms with Crippen molar-refractivity contribution in [2.24, 2.45) is 5.73 Å². The summed E-state index contributed by atoms with van der Waals surface area (Å²) in [5.74, 6) is 0.556. The van der Waals surface area contributed by atoms with Crippen LogP contribution in [0.15, 0.2) is 66.9 Å². The minimum atomic E-state index is -0.310. The monoisotopic (exact) mass is 425 g/mol. The summed E-state index contributed by atoms with van der Waals surface area (Å²) in [6.45, 7) is 5.16. The van der Waals surface area contributed by atoms with Crippen LogP contribution in [0.5, 0.6) is 0 Å². The Kier molecular flexibility index (Phi) is 5.47. The number of nitrogen functional groups attached to an aromatic ring is 1. The molecule has 1 fully saturated rings. The van der Waals surface area contributed by atoms with Crippen molar-refractivity contribution in [3.05, 3.63) is 83.7 Å². The van der Waals surface area contributed by atoms with Gasteiger partial charge in [0.1, 0.15) is 5.82 Å². The van der Waals surface area contributed by atoms with Crippen LogP contribution in [0.1, 0.15) is 22.9 Å². The molecule has 1 aliphatic rings. The molecule has 0 spiro atoms. The zero-order valence-electron chi connectivity index (χ0n) is 18.2. The summed E-state index contributed by atoms with van der Waals surface area (Å²) in [4.78, 5) is 11.4. The summed E-state index contributed by atoms with van der Waals surface area (Å²) in [6.07, 6.45) is 1.78. The summed E-state index contributed by atoms with van der Waals surface area (Å²) in [7, 11) is 0. The smallest absolute Gasteiger partial charge is 0.147 e. The van der Waals surface area contributed by atoms with Crippen LogP contribution in [0.25, 0.3) is 22.0 Å². The van der Waals surface area contributed by atoms with Gasteiger partial charge in [-0.25, -0.2) is 4.98 Å². The highest BCUT2D eigenvalue weighted by Gasteiger charge is 2.19. The fourth-order valence-electron chi connectivity index (χ4n) is 4.46. The van der Waals surface area contributed by atoms with E-state index in [0.717, 1.165) is 52.1 Å². The molecule has 1 unspecified atom stereocenters. The van der Waals surface area contributed by atoms with Gasteiger partial charge in [-0.15, -0.1) is 0 Å². The van der Waals surface area contributed by atoms with Crippen molar-refractivity contribution in [1.82, 2.24) is 9.97 Å². The fourth-order valence-corrected chi connectivity index (χ4v) is 4.46. The van der Waals surface area contributed by atoms with E-state index in [1.54, 1.807) is 6.20 Å². The van der Waals surface area contributed by atoms with Crippen LogP contribution in [0.2, 0.25) is 0 Å². The zero-order valence-corrected chi connectivity index (χ0v) is 18.2. The topological polar surface area (TPSA) is 90.3 Å². The summed E-state index contributed by atoms with van der Waals surface area (Å²) in [5, 5.41) is 1.05. The van der Waals surface area contributed by atoms with Gasteiger partial charge in [0.2, 0.25) is 0 Å². The lowest BCUT2D eigenvalue weighted by Crippen LogP contribution is -2.36. The third kappa shape index (κ3) is 3.79. The minimum absolute atomic E-state index is 0.310. The summed E-state index contributed by atoms with van der Waals surface area (Å²) < 4.78 is 5.49. The number of nitrogens with zero attached hydrogens (tertiary/aromatic N) is 3. The van der Waals surface area contributed by atoms with Crippen LogP contribution in [-0.2, 0) is 4.74 Å². The van der Waals surface area contributed by atoms with Gasteiger partial charge in [0.05, 0.1) is 36.2 Å². The molecule has 1 saturated heterocycles. The Hall–Kier alpha value is -3.48. The second-order valence-corrected chi connectivity index (χ2v) is 8.17. The molecule has 5 rings (SSSR count). The van der Waals surface area contributed by atoms with Crippen molar-refractivity contribution in [2.45, 2.75) is 13.0 Å². The first-order valence-electron chi connectivity index (χ1n) is 10.9. The Bertz CT molecular complexity index is 1250. The molecule has 4 aromatic rings. The fraction of sp³-hybridized carbons (Fsp3) is 0.231. The van der Waals surface area contributed by atoms with Gasteiger partial charge in [-0.05, 0) is 59.5 Å². The molecule has 162 valence electrons. The molecule has 0 amide bonds. The van der Waals surface area contributed by atoms with Gasteiger partial charge in [-0.3, -0.25) is 4.98 Å². The van der Waals surface area contributed by atoms with Crippen LogP contribution in [0, 0.1) is 6.92 Å². The van der Waals surface area contributed by atoms with Crippen molar-refractivity contribution in [3.8, 4) is 11.1 Å². The SMILES string of the molecule is Cc1cccc(C(N)c2ccccn2)c1-c1ccc2nc(N)c(N3CCOCC3)cc2c1. The number of ether oxygens (including phenoxy) is 1. The number of pyridine rings is 2. The molecular weight excluding hydrogens is 398 g/mol. The molecule has 6 heteroatoms. The third-order valence-electron chi connectivity index (χ3n) is 6.11. The number of hydrogen-bond acceptors (Lipinski definition) is 6. The van der Waals surface area contributed by atoms with Crippen molar-refractivity contribution in [1.29, 1.82) is 0 Å². The van der Waals surface area contributed by atoms with Gasteiger partial charge >= 0.3 is 0 Å². The number of nitrogens with two attached hydrogens (primary N) is 2. The van der Waals surface area contributed by atoms with Crippen molar-refractivity contribution < 1.29 is 4.74 Å². The van der Waals surface area contributed by atoms with Crippen LogP contribution in [-0.4, -0.2) is 36.3 Å². The van der Waals surface area contributed by atoms with Gasteiger partial charge in [0.15, 0.2) is 0 Å². The van der Waals surface area contributed by atoms with E-state index in [4.69, 9.17) is 16.2 Å². The van der Waals surface area contributed by atoms with Gasteiger partial charge in [0.25, 0.3) is 0 Å². The lowest BCUT2D eigenvalue weighted by Gasteiger charge is -2.29. The standard InChI is InChI=1S/C26H27N5O/c1-17-5-4-6-20(25(27)22-7-2-3-10-29-22)24(17)18-8-9-21-19(15-18)16-23(26(28)30-21)31-11-13-32-14-12-31/h2-10,15-16,25H,11-14,27H2,1H3,(H2,28,30). The Balaban J connectivity index is 1.61. The maximum Gasteiger partial charge on any atom is 0.147 e. The first-order valence-corrected chi connectivity index (χ1v) is 10.9. The highest BCUT2D eigenvalue weighted by atomic mass is 16.5. The average Bonchev–Trinajstić information content (AvgIpc) is 2.84. The van der Waals surface area contributed by atoms with E-state index in [1.807, 2.05) is 24.3 Å². The molecule has 2 aromatic heterocycles.